The summed E-state index contributed by atoms with van der Waals surface area (Å²) in [6.07, 6.45) is 1.26. The number of benzene rings is 1. The van der Waals surface area contributed by atoms with E-state index in [4.69, 9.17) is 16.1 Å². The molecule has 8 nitrogen and oxygen atoms in total. The molecule has 0 unspecified atom stereocenters. The molecule has 0 saturated heterocycles. The maximum absolute atomic E-state index is 12.7. The van der Waals surface area contributed by atoms with E-state index in [2.05, 4.69) is 15.5 Å². The molecule has 1 amide bonds. The van der Waals surface area contributed by atoms with E-state index < -0.39 is 10.0 Å². The molecule has 2 aromatic rings. The molecule has 0 bridgehead atoms. The number of sulfonamides is 1. The predicted molar refractivity (Wildman–Crippen MR) is 112 cm³/mol. The summed E-state index contributed by atoms with van der Waals surface area (Å²) >= 11 is 6.11. The first-order valence-electron chi connectivity index (χ1n) is 9.61. The van der Waals surface area contributed by atoms with E-state index in [9.17, 15) is 13.2 Å². The highest BCUT2D eigenvalue weighted by atomic mass is 35.5. The highest BCUT2D eigenvalue weighted by molar-refractivity contribution is 7.89. The van der Waals surface area contributed by atoms with Gasteiger partial charge in [-0.3, -0.25) is 4.79 Å². The number of hydrogen-bond donors (Lipinski definition) is 1. The number of halogens is 1. The molecule has 0 atom stereocenters. The average Bonchev–Trinajstić information content (AvgIpc) is 3.13. The third kappa shape index (κ3) is 6.01. The van der Waals surface area contributed by atoms with Gasteiger partial charge in [-0.05, 0) is 24.6 Å². The molecular formula is C19H27ClN4O4S. The second-order valence-corrected chi connectivity index (χ2v) is 9.15. The van der Waals surface area contributed by atoms with Gasteiger partial charge in [0.25, 0.3) is 0 Å². The molecule has 160 valence electrons. The van der Waals surface area contributed by atoms with Gasteiger partial charge in [0.15, 0.2) is 5.82 Å². The highest BCUT2D eigenvalue weighted by Gasteiger charge is 2.25. The predicted octanol–water partition coefficient (Wildman–Crippen LogP) is 3.84. The Hall–Kier alpha value is -1.97. The minimum absolute atomic E-state index is 0.0206. The Labute approximate surface area is 176 Å². The van der Waals surface area contributed by atoms with Crippen molar-refractivity contribution < 1.29 is 17.7 Å². The van der Waals surface area contributed by atoms with E-state index in [1.165, 1.54) is 16.4 Å². The zero-order chi connectivity index (χ0) is 21.6. The first kappa shape index (κ1) is 23.3. The van der Waals surface area contributed by atoms with Gasteiger partial charge < -0.3 is 9.84 Å². The molecule has 2 rings (SSSR count). The van der Waals surface area contributed by atoms with Crippen molar-refractivity contribution in [3.8, 4) is 0 Å². The Bertz CT molecular complexity index is 939. The van der Waals surface area contributed by atoms with Crippen molar-refractivity contribution in [1.29, 1.82) is 0 Å². The van der Waals surface area contributed by atoms with E-state index >= 15 is 0 Å². The van der Waals surface area contributed by atoms with Gasteiger partial charge in [-0.2, -0.15) is 9.29 Å². The van der Waals surface area contributed by atoms with Crippen LogP contribution in [0.25, 0.3) is 0 Å². The fraction of sp³-hybridized carbons (Fsp3) is 0.526. The van der Waals surface area contributed by atoms with Gasteiger partial charge in [-0.15, -0.1) is 0 Å². The van der Waals surface area contributed by atoms with Gasteiger partial charge in [0, 0.05) is 37.5 Å². The van der Waals surface area contributed by atoms with Crippen LogP contribution >= 0.6 is 11.6 Å². The molecule has 1 heterocycles. The molecule has 0 fully saturated rings. The maximum Gasteiger partial charge on any atom is 0.244 e. The fourth-order valence-electron chi connectivity index (χ4n) is 2.71. The molecule has 0 aliphatic heterocycles. The van der Waals surface area contributed by atoms with Gasteiger partial charge in [0.2, 0.25) is 21.8 Å². The summed E-state index contributed by atoms with van der Waals surface area (Å²) in [4.78, 5) is 16.5. The largest absolute Gasteiger partial charge is 0.339 e. The van der Waals surface area contributed by atoms with Gasteiger partial charge in [0.05, 0.1) is 5.02 Å². The van der Waals surface area contributed by atoms with E-state index in [0.717, 1.165) is 0 Å². The smallest absolute Gasteiger partial charge is 0.244 e. The van der Waals surface area contributed by atoms with E-state index in [1.54, 1.807) is 19.9 Å². The molecule has 0 radical (unpaired) electrons. The third-order valence-corrected chi connectivity index (χ3v) is 6.86. The number of aromatic nitrogens is 2. The molecule has 0 aliphatic rings. The number of aryl methyl sites for hydroxylation is 1. The molecule has 0 spiro atoms. The van der Waals surface area contributed by atoms with Gasteiger partial charge in [0.1, 0.15) is 4.90 Å². The number of carbonyl (C=O) groups is 1. The van der Waals surface area contributed by atoms with Crippen LogP contribution in [0.4, 0.5) is 5.69 Å². The molecule has 29 heavy (non-hydrogen) atoms. The summed E-state index contributed by atoms with van der Waals surface area (Å²) in [7, 11) is -3.73. The van der Waals surface area contributed by atoms with Crippen LogP contribution in [0.1, 0.15) is 58.2 Å². The van der Waals surface area contributed by atoms with Crippen LogP contribution in [0.3, 0.4) is 0 Å². The Morgan fingerprint density at radius 1 is 1.28 bits per heavy atom. The molecule has 0 aliphatic carbocycles. The fourth-order valence-corrected chi connectivity index (χ4v) is 4.67. The zero-order valence-electron chi connectivity index (χ0n) is 17.1. The molecular weight excluding hydrogens is 416 g/mol. The summed E-state index contributed by atoms with van der Waals surface area (Å²) in [5, 5.41) is 6.73. The number of amides is 1. The Morgan fingerprint density at radius 2 is 1.97 bits per heavy atom. The summed E-state index contributed by atoms with van der Waals surface area (Å²) in [6.45, 7) is 8.13. The van der Waals surface area contributed by atoms with Crippen LogP contribution in [0.2, 0.25) is 5.02 Å². The molecule has 10 heteroatoms. The van der Waals surface area contributed by atoms with Gasteiger partial charge in [-0.1, -0.05) is 44.5 Å². The Morgan fingerprint density at radius 3 is 2.55 bits per heavy atom. The lowest BCUT2D eigenvalue weighted by Gasteiger charge is -2.19. The van der Waals surface area contributed by atoms with Gasteiger partial charge in [-0.25, -0.2) is 8.42 Å². The number of anilines is 1. The average molecular weight is 443 g/mol. The minimum Gasteiger partial charge on any atom is -0.339 e. The van der Waals surface area contributed by atoms with Gasteiger partial charge >= 0.3 is 0 Å². The van der Waals surface area contributed by atoms with Crippen LogP contribution in [0.5, 0.6) is 0 Å². The van der Waals surface area contributed by atoms with E-state index in [0.29, 0.717) is 43.3 Å². The SMILES string of the molecule is CCN(CC)S(=O)(=O)c1cc(NC(=O)CCCc2nc(C(C)C)no2)ccc1Cl. The maximum atomic E-state index is 12.7. The topological polar surface area (TPSA) is 105 Å². The summed E-state index contributed by atoms with van der Waals surface area (Å²) in [5.41, 5.74) is 0.380. The minimum atomic E-state index is -3.73. The second kappa shape index (κ2) is 10.2. The molecule has 0 saturated carbocycles. The quantitative estimate of drug-likeness (QED) is 0.599. The summed E-state index contributed by atoms with van der Waals surface area (Å²) < 4.78 is 31.9. The highest BCUT2D eigenvalue weighted by Crippen LogP contribution is 2.28. The Balaban J connectivity index is 1.99. The van der Waals surface area contributed by atoms with Crippen molar-refractivity contribution in [3.05, 3.63) is 34.9 Å². The van der Waals surface area contributed by atoms with Crippen LogP contribution in [-0.4, -0.2) is 41.9 Å². The molecule has 1 aromatic heterocycles. The standard InChI is InChI=1S/C19H27ClN4O4S/c1-5-24(6-2)29(26,27)16-12-14(10-11-15(16)20)21-17(25)8-7-9-18-22-19(13(3)4)23-28-18/h10-13H,5-9H2,1-4H3,(H,21,25). The first-order valence-corrected chi connectivity index (χ1v) is 11.4. The van der Waals surface area contributed by atoms with Crippen LogP contribution in [0.15, 0.2) is 27.6 Å². The van der Waals surface area contributed by atoms with E-state index in [-0.39, 0.29) is 28.2 Å². The third-order valence-electron chi connectivity index (χ3n) is 4.33. The van der Waals surface area contributed by atoms with Crippen molar-refractivity contribution >= 4 is 33.2 Å². The lowest BCUT2D eigenvalue weighted by Crippen LogP contribution is -2.30. The number of nitrogens with one attached hydrogen (secondary N) is 1. The summed E-state index contributed by atoms with van der Waals surface area (Å²) in [5.74, 6) is 1.10. The second-order valence-electron chi connectivity index (χ2n) is 6.84. The summed E-state index contributed by atoms with van der Waals surface area (Å²) in [6, 6.07) is 4.44. The van der Waals surface area contributed by atoms with Crippen molar-refractivity contribution in [1.82, 2.24) is 14.4 Å². The lowest BCUT2D eigenvalue weighted by molar-refractivity contribution is -0.116. The molecule has 1 N–H and O–H groups in total. The number of rotatable bonds is 10. The number of hydrogen-bond acceptors (Lipinski definition) is 6. The zero-order valence-corrected chi connectivity index (χ0v) is 18.7. The normalized spacial score (nSPS) is 12.0. The number of nitrogens with zero attached hydrogens (tertiary/aromatic N) is 3. The van der Waals surface area contributed by atoms with E-state index in [1.807, 2.05) is 13.8 Å². The molecule has 1 aromatic carbocycles. The van der Waals surface area contributed by atoms with Crippen molar-refractivity contribution in [2.24, 2.45) is 0 Å². The first-order chi connectivity index (χ1) is 13.7. The van der Waals surface area contributed by atoms with Crippen LogP contribution in [0, 0.1) is 0 Å². The van der Waals surface area contributed by atoms with Crippen LogP contribution < -0.4 is 5.32 Å². The monoisotopic (exact) mass is 442 g/mol. The van der Waals surface area contributed by atoms with Crippen molar-refractivity contribution in [2.75, 3.05) is 18.4 Å². The van der Waals surface area contributed by atoms with Crippen LogP contribution in [-0.2, 0) is 21.2 Å². The Kier molecular flexibility index (Phi) is 8.18. The van der Waals surface area contributed by atoms with Crippen molar-refractivity contribution in [2.45, 2.75) is 57.8 Å². The van der Waals surface area contributed by atoms with Crippen molar-refractivity contribution in [3.63, 3.8) is 0 Å². The lowest BCUT2D eigenvalue weighted by atomic mass is 10.2. The number of carbonyl (C=O) groups excluding carboxylic acids is 1.